The first-order valence-corrected chi connectivity index (χ1v) is 5.75. The Morgan fingerprint density at radius 1 is 1.38 bits per heavy atom. The third kappa shape index (κ3) is 6.05. The number of piperidine rings is 1. The zero-order valence-corrected chi connectivity index (χ0v) is 9.77. The van der Waals surface area contributed by atoms with Crippen LogP contribution in [0.25, 0.3) is 0 Å². The zero-order valence-electron chi connectivity index (χ0n) is 9.77. The molecular formula is C11H26N2. The maximum Gasteiger partial charge on any atom is 0.0195 e. The minimum absolute atomic E-state index is 0.758. The predicted molar refractivity (Wildman–Crippen MR) is 60.2 cm³/mol. The Labute approximate surface area is 83.7 Å². The fraction of sp³-hybridized carbons (Fsp3) is 1.00. The number of likely N-dealkylation sites (N-methyl/N-ethyl adjacent to an activating group) is 1. The summed E-state index contributed by atoms with van der Waals surface area (Å²) in [4.78, 5) is 2.41. The highest BCUT2D eigenvalue weighted by Gasteiger charge is 2.15. The molecule has 1 unspecified atom stereocenters. The molecule has 1 N–H and O–H groups in total. The van der Waals surface area contributed by atoms with Gasteiger partial charge in [0.25, 0.3) is 0 Å². The summed E-state index contributed by atoms with van der Waals surface area (Å²) in [6.45, 7) is 9.92. The van der Waals surface area contributed by atoms with E-state index in [2.05, 4.69) is 24.2 Å². The van der Waals surface area contributed by atoms with E-state index in [9.17, 15) is 0 Å². The molecule has 13 heavy (non-hydrogen) atoms. The molecule has 1 fully saturated rings. The van der Waals surface area contributed by atoms with Crippen molar-refractivity contribution in [2.75, 3.05) is 26.7 Å². The van der Waals surface area contributed by atoms with Crippen molar-refractivity contribution in [3.63, 3.8) is 0 Å². The van der Waals surface area contributed by atoms with Crippen LogP contribution in [-0.4, -0.2) is 37.6 Å². The summed E-state index contributed by atoms with van der Waals surface area (Å²) in [7, 11) is 2.21. The number of hydrogen-bond donors (Lipinski definition) is 1. The molecule has 0 bridgehead atoms. The Morgan fingerprint density at radius 3 is 2.62 bits per heavy atom. The third-order valence-corrected chi connectivity index (χ3v) is 2.31. The summed E-state index contributed by atoms with van der Waals surface area (Å²) >= 11 is 0. The van der Waals surface area contributed by atoms with E-state index in [1.54, 1.807) is 0 Å². The minimum Gasteiger partial charge on any atom is -0.313 e. The molecule has 2 heteroatoms. The van der Waals surface area contributed by atoms with Crippen LogP contribution >= 0.6 is 0 Å². The van der Waals surface area contributed by atoms with Gasteiger partial charge in [-0.15, -0.1) is 0 Å². The third-order valence-electron chi connectivity index (χ3n) is 2.31. The minimum atomic E-state index is 0.758. The molecule has 0 amide bonds. The Balaban J connectivity index is 0.000000671. The average molecular weight is 186 g/mol. The molecule has 0 radical (unpaired) electrons. The molecule has 2 nitrogen and oxygen atoms in total. The van der Waals surface area contributed by atoms with Crippen molar-refractivity contribution in [1.29, 1.82) is 0 Å². The van der Waals surface area contributed by atoms with Gasteiger partial charge < -0.3 is 10.2 Å². The van der Waals surface area contributed by atoms with Crippen molar-refractivity contribution in [1.82, 2.24) is 10.2 Å². The summed E-state index contributed by atoms with van der Waals surface area (Å²) < 4.78 is 0. The van der Waals surface area contributed by atoms with Crippen LogP contribution in [0.4, 0.5) is 0 Å². The van der Waals surface area contributed by atoms with E-state index < -0.39 is 0 Å². The van der Waals surface area contributed by atoms with Crippen LogP contribution in [-0.2, 0) is 0 Å². The highest BCUT2D eigenvalue weighted by molar-refractivity contribution is 4.75. The summed E-state index contributed by atoms with van der Waals surface area (Å²) in [5.74, 6) is 0. The molecule has 1 atom stereocenters. The van der Waals surface area contributed by atoms with Gasteiger partial charge in [0, 0.05) is 12.6 Å². The largest absolute Gasteiger partial charge is 0.313 e. The van der Waals surface area contributed by atoms with Crippen LogP contribution in [0.2, 0.25) is 0 Å². The summed E-state index contributed by atoms with van der Waals surface area (Å²) in [5.41, 5.74) is 0. The molecule has 0 aromatic heterocycles. The number of hydrogen-bond acceptors (Lipinski definition) is 2. The molecular weight excluding hydrogens is 160 g/mol. The van der Waals surface area contributed by atoms with E-state index in [-0.39, 0.29) is 0 Å². The Bertz CT molecular complexity index is 104. The maximum atomic E-state index is 3.56. The molecule has 0 aliphatic carbocycles. The molecule has 80 valence electrons. The lowest BCUT2D eigenvalue weighted by Gasteiger charge is -2.30. The van der Waals surface area contributed by atoms with Gasteiger partial charge in [0.2, 0.25) is 0 Å². The van der Waals surface area contributed by atoms with E-state index in [0.29, 0.717) is 0 Å². The Morgan fingerprint density at radius 2 is 2.08 bits per heavy atom. The van der Waals surface area contributed by atoms with E-state index in [4.69, 9.17) is 0 Å². The lowest BCUT2D eigenvalue weighted by atomic mass is 10.1. The molecule has 0 spiro atoms. The quantitative estimate of drug-likeness (QED) is 0.726. The number of nitrogens with zero attached hydrogens (tertiary/aromatic N) is 1. The SMILES string of the molecule is CC.CCCNC1CCCN(C)C1. The van der Waals surface area contributed by atoms with Gasteiger partial charge in [-0.05, 0) is 39.4 Å². The van der Waals surface area contributed by atoms with Gasteiger partial charge >= 0.3 is 0 Å². The second-order valence-corrected chi connectivity index (χ2v) is 3.56. The number of rotatable bonds is 3. The fourth-order valence-electron chi connectivity index (χ4n) is 1.68. The van der Waals surface area contributed by atoms with Crippen molar-refractivity contribution in [2.24, 2.45) is 0 Å². The topological polar surface area (TPSA) is 15.3 Å². The monoisotopic (exact) mass is 186 g/mol. The smallest absolute Gasteiger partial charge is 0.0195 e. The molecule has 0 saturated carbocycles. The highest BCUT2D eigenvalue weighted by Crippen LogP contribution is 2.07. The van der Waals surface area contributed by atoms with Crippen LogP contribution in [0.5, 0.6) is 0 Å². The maximum absolute atomic E-state index is 3.56. The Hall–Kier alpha value is -0.0800. The van der Waals surface area contributed by atoms with Gasteiger partial charge in [-0.1, -0.05) is 20.8 Å². The van der Waals surface area contributed by atoms with Crippen molar-refractivity contribution in [3.8, 4) is 0 Å². The molecule has 1 saturated heterocycles. The summed E-state index contributed by atoms with van der Waals surface area (Å²) in [6, 6.07) is 0.758. The fourth-order valence-corrected chi connectivity index (χ4v) is 1.68. The Kier molecular flexibility index (Phi) is 8.46. The molecule has 1 heterocycles. The predicted octanol–water partition coefficient (Wildman–Crippen LogP) is 2.11. The van der Waals surface area contributed by atoms with Gasteiger partial charge in [-0.3, -0.25) is 0 Å². The van der Waals surface area contributed by atoms with Gasteiger partial charge in [0.1, 0.15) is 0 Å². The number of nitrogens with one attached hydrogen (secondary N) is 1. The van der Waals surface area contributed by atoms with Gasteiger partial charge in [0.15, 0.2) is 0 Å². The van der Waals surface area contributed by atoms with Crippen LogP contribution in [0, 0.1) is 0 Å². The normalized spacial score (nSPS) is 23.5. The van der Waals surface area contributed by atoms with Crippen molar-refractivity contribution in [2.45, 2.75) is 46.1 Å². The zero-order chi connectivity index (χ0) is 10.1. The first kappa shape index (κ1) is 12.9. The summed E-state index contributed by atoms with van der Waals surface area (Å²) in [5, 5.41) is 3.56. The number of likely N-dealkylation sites (tertiary alicyclic amines) is 1. The van der Waals surface area contributed by atoms with Crippen LogP contribution in [0.15, 0.2) is 0 Å². The first-order chi connectivity index (χ1) is 6.33. The van der Waals surface area contributed by atoms with E-state index in [1.165, 1.54) is 38.9 Å². The lowest BCUT2D eigenvalue weighted by Crippen LogP contribution is -2.44. The van der Waals surface area contributed by atoms with E-state index in [0.717, 1.165) is 6.04 Å². The highest BCUT2D eigenvalue weighted by atomic mass is 15.1. The van der Waals surface area contributed by atoms with Crippen molar-refractivity contribution in [3.05, 3.63) is 0 Å². The van der Waals surface area contributed by atoms with Crippen LogP contribution in [0.1, 0.15) is 40.0 Å². The molecule has 0 aromatic rings. The van der Waals surface area contributed by atoms with E-state index >= 15 is 0 Å². The molecule has 1 aliphatic rings. The first-order valence-electron chi connectivity index (χ1n) is 5.75. The average Bonchev–Trinajstić information content (AvgIpc) is 2.18. The van der Waals surface area contributed by atoms with Crippen LogP contribution < -0.4 is 5.32 Å². The summed E-state index contributed by atoms with van der Waals surface area (Å²) in [6.07, 6.45) is 3.97. The second-order valence-electron chi connectivity index (χ2n) is 3.56. The second kappa shape index (κ2) is 8.52. The standard InChI is InChI=1S/C9H20N2.C2H6/c1-3-6-10-9-5-4-7-11(2)8-9;1-2/h9-10H,3-8H2,1-2H3;1-2H3. The van der Waals surface area contributed by atoms with Gasteiger partial charge in [-0.2, -0.15) is 0 Å². The van der Waals surface area contributed by atoms with Crippen molar-refractivity contribution < 1.29 is 0 Å². The van der Waals surface area contributed by atoms with E-state index in [1.807, 2.05) is 13.8 Å². The van der Waals surface area contributed by atoms with Gasteiger partial charge in [-0.25, -0.2) is 0 Å². The van der Waals surface area contributed by atoms with Crippen molar-refractivity contribution >= 4 is 0 Å². The van der Waals surface area contributed by atoms with Crippen LogP contribution in [0.3, 0.4) is 0 Å². The lowest BCUT2D eigenvalue weighted by molar-refractivity contribution is 0.228. The molecule has 1 rings (SSSR count). The molecule has 0 aromatic carbocycles. The van der Waals surface area contributed by atoms with Gasteiger partial charge in [0.05, 0.1) is 0 Å². The molecule has 1 aliphatic heterocycles.